The Labute approximate surface area is 154 Å². The van der Waals surface area contributed by atoms with Gasteiger partial charge in [0.05, 0.1) is 4.90 Å². The van der Waals surface area contributed by atoms with Crippen molar-refractivity contribution < 1.29 is 13.2 Å². The van der Waals surface area contributed by atoms with Crippen LogP contribution in [0.3, 0.4) is 0 Å². The number of likely N-dealkylation sites (tertiary alicyclic amines) is 1. The fraction of sp³-hybridized carbons (Fsp3) is 0.611. The summed E-state index contributed by atoms with van der Waals surface area (Å²) in [5.41, 5.74) is 0.524. The van der Waals surface area contributed by atoms with Gasteiger partial charge in [0.1, 0.15) is 0 Å². The van der Waals surface area contributed by atoms with Crippen LogP contribution in [-0.4, -0.2) is 56.3 Å². The van der Waals surface area contributed by atoms with Gasteiger partial charge in [-0.1, -0.05) is 12.1 Å². The van der Waals surface area contributed by atoms with Crippen molar-refractivity contribution in [2.24, 2.45) is 5.92 Å². The first-order valence-electron chi connectivity index (χ1n) is 8.88. The molecule has 1 atom stereocenters. The van der Waals surface area contributed by atoms with E-state index in [9.17, 15) is 13.2 Å². The van der Waals surface area contributed by atoms with E-state index in [0.717, 1.165) is 32.0 Å². The first-order chi connectivity index (χ1) is 12.0. The normalized spacial score (nSPS) is 23.0. The number of benzene rings is 1. The molecule has 138 valence electrons. The second-order valence-electron chi connectivity index (χ2n) is 6.93. The fourth-order valence-electron chi connectivity index (χ4n) is 3.51. The highest BCUT2D eigenvalue weighted by Gasteiger charge is 2.28. The van der Waals surface area contributed by atoms with E-state index < -0.39 is 10.0 Å². The summed E-state index contributed by atoms with van der Waals surface area (Å²) in [4.78, 5) is 14.1. The van der Waals surface area contributed by atoms with Crippen molar-refractivity contribution in [1.29, 1.82) is 0 Å². The average Bonchev–Trinajstić information content (AvgIpc) is 3.15. The average molecular weight is 383 g/mol. The van der Waals surface area contributed by atoms with Crippen molar-refractivity contribution >= 4 is 27.6 Å². The quantitative estimate of drug-likeness (QED) is 0.765. The molecular formula is C18H26N2O3S2. The van der Waals surface area contributed by atoms with E-state index >= 15 is 0 Å². The molecule has 1 unspecified atom stereocenters. The summed E-state index contributed by atoms with van der Waals surface area (Å²) < 4.78 is 27.6. The molecule has 1 N–H and O–H groups in total. The third kappa shape index (κ3) is 4.84. The number of rotatable bonds is 6. The number of piperidine rings is 1. The number of carbonyl (C=O) groups is 1. The predicted molar refractivity (Wildman–Crippen MR) is 102 cm³/mol. The minimum atomic E-state index is -3.51. The zero-order valence-corrected chi connectivity index (χ0v) is 16.2. The van der Waals surface area contributed by atoms with Gasteiger partial charge in [-0.3, -0.25) is 9.69 Å². The van der Waals surface area contributed by atoms with Crippen LogP contribution in [0.15, 0.2) is 29.2 Å². The first kappa shape index (κ1) is 18.9. The number of Topliss-reactive ketones (excluding diaryl/α,β-unsaturated/α-hetero) is 1. The minimum Gasteiger partial charge on any atom is -0.300 e. The third-order valence-electron chi connectivity index (χ3n) is 5.20. The Bertz CT molecular complexity index is 690. The summed E-state index contributed by atoms with van der Waals surface area (Å²) in [5.74, 6) is 2.85. The molecule has 0 spiro atoms. The van der Waals surface area contributed by atoms with Gasteiger partial charge in [-0.15, -0.1) is 0 Å². The highest BCUT2D eigenvalue weighted by molar-refractivity contribution is 7.99. The van der Waals surface area contributed by atoms with Crippen LogP contribution < -0.4 is 4.72 Å². The molecule has 0 amide bonds. The number of nitrogens with one attached hydrogen (secondary N) is 1. The molecule has 2 aliphatic heterocycles. The van der Waals surface area contributed by atoms with Crippen LogP contribution in [0, 0.1) is 5.92 Å². The fourth-order valence-corrected chi connectivity index (χ4v) is 5.88. The highest BCUT2D eigenvalue weighted by atomic mass is 32.2. The van der Waals surface area contributed by atoms with Crippen molar-refractivity contribution in [3.05, 3.63) is 29.8 Å². The molecule has 0 saturated carbocycles. The second-order valence-corrected chi connectivity index (χ2v) is 9.85. The topological polar surface area (TPSA) is 66.5 Å². The van der Waals surface area contributed by atoms with Crippen molar-refractivity contribution in [2.75, 3.05) is 31.1 Å². The zero-order valence-electron chi connectivity index (χ0n) is 14.6. The van der Waals surface area contributed by atoms with Crippen LogP contribution in [0.1, 0.15) is 36.5 Å². The summed E-state index contributed by atoms with van der Waals surface area (Å²) in [6, 6.07) is 6.85. The van der Waals surface area contributed by atoms with Crippen molar-refractivity contribution in [2.45, 2.75) is 37.1 Å². The smallest absolute Gasteiger partial charge is 0.240 e. The van der Waals surface area contributed by atoms with Crippen LogP contribution in [0.2, 0.25) is 0 Å². The van der Waals surface area contributed by atoms with Crippen LogP contribution in [-0.2, 0) is 10.0 Å². The molecule has 2 saturated heterocycles. The van der Waals surface area contributed by atoms with Crippen LogP contribution in [0.4, 0.5) is 0 Å². The molecule has 1 aromatic rings. The largest absolute Gasteiger partial charge is 0.300 e. The molecular weight excluding hydrogens is 356 g/mol. The van der Waals surface area contributed by atoms with Crippen LogP contribution >= 0.6 is 11.8 Å². The third-order valence-corrected chi connectivity index (χ3v) is 7.79. The van der Waals surface area contributed by atoms with Gasteiger partial charge < -0.3 is 0 Å². The summed E-state index contributed by atoms with van der Waals surface area (Å²) >= 11 is 2.04. The lowest BCUT2D eigenvalue weighted by Crippen LogP contribution is -2.43. The number of hydrogen-bond acceptors (Lipinski definition) is 5. The molecule has 2 aliphatic rings. The lowest BCUT2D eigenvalue weighted by molar-refractivity contribution is 0.101. The number of thioether (sulfide) groups is 1. The van der Waals surface area contributed by atoms with Crippen LogP contribution in [0.5, 0.6) is 0 Å². The molecule has 2 fully saturated rings. The van der Waals surface area contributed by atoms with E-state index in [-0.39, 0.29) is 10.7 Å². The predicted octanol–water partition coefficient (Wildman–Crippen LogP) is 2.39. The summed E-state index contributed by atoms with van der Waals surface area (Å²) in [6.07, 6.45) is 3.39. The Hall–Kier alpha value is -0.890. The molecule has 0 radical (unpaired) electrons. The van der Waals surface area contributed by atoms with Crippen molar-refractivity contribution in [3.8, 4) is 0 Å². The number of hydrogen-bond donors (Lipinski definition) is 1. The monoisotopic (exact) mass is 382 g/mol. The Morgan fingerprint density at radius 3 is 2.44 bits per heavy atom. The molecule has 7 heteroatoms. The van der Waals surface area contributed by atoms with Gasteiger partial charge in [0.2, 0.25) is 10.0 Å². The number of carbonyl (C=O) groups excluding carboxylic acids is 1. The maximum absolute atomic E-state index is 12.4. The summed E-state index contributed by atoms with van der Waals surface area (Å²) in [7, 11) is -3.51. The molecule has 1 aromatic carbocycles. The summed E-state index contributed by atoms with van der Waals surface area (Å²) in [5, 5.41) is 0. The second kappa shape index (κ2) is 8.20. The minimum absolute atomic E-state index is 0.0654. The molecule has 2 heterocycles. The van der Waals surface area contributed by atoms with Gasteiger partial charge in [0, 0.05) is 23.9 Å². The van der Waals surface area contributed by atoms with Crippen molar-refractivity contribution in [3.63, 3.8) is 0 Å². The Morgan fingerprint density at radius 2 is 1.88 bits per heavy atom. The SMILES string of the molecule is CC(=O)c1ccc(S(=O)(=O)NCC2CCN(C3CCSC3)CC2)cc1. The van der Waals surface area contributed by atoms with E-state index in [1.165, 1.54) is 37.0 Å². The van der Waals surface area contributed by atoms with Gasteiger partial charge in [-0.05, 0) is 63.1 Å². The molecule has 0 aliphatic carbocycles. The van der Waals surface area contributed by atoms with Gasteiger partial charge >= 0.3 is 0 Å². The van der Waals surface area contributed by atoms with E-state index in [1.54, 1.807) is 12.1 Å². The van der Waals surface area contributed by atoms with Crippen LogP contribution in [0.25, 0.3) is 0 Å². The van der Waals surface area contributed by atoms with E-state index in [1.807, 2.05) is 11.8 Å². The van der Waals surface area contributed by atoms with Gasteiger partial charge in [-0.25, -0.2) is 13.1 Å². The number of nitrogens with zero attached hydrogens (tertiary/aromatic N) is 1. The van der Waals surface area contributed by atoms with Crippen molar-refractivity contribution in [1.82, 2.24) is 9.62 Å². The maximum Gasteiger partial charge on any atom is 0.240 e. The van der Waals surface area contributed by atoms with Gasteiger partial charge in [0.15, 0.2) is 5.78 Å². The van der Waals surface area contributed by atoms with E-state index in [0.29, 0.717) is 18.0 Å². The van der Waals surface area contributed by atoms with E-state index in [4.69, 9.17) is 0 Å². The van der Waals surface area contributed by atoms with E-state index in [2.05, 4.69) is 9.62 Å². The molecule has 5 nitrogen and oxygen atoms in total. The number of ketones is 1. The highest BCUT2D eigenvalue weighted by Crippen LogP contribution is 2.26. The Morgan fingerprint density at radius 1 is 1.20 bits per heavy atom. The summed E-state index contributed by atoms with van der Waals surface area (Å²) in [6.45, 7) is 4.11. The molecule has 0 aromatic heterocycles. The molecule has 25 heavy (non-hydrogen) atoms. The van der Waals surface area contributed by atoms with Gasteiger partial charge in [0.25, 0.3) is 0 Å². The zero-order chi connectivity index (χ0) is 17.9. The Balaban J connectivity index is 1.50. The molecule has 3 rings (SSSR count). The van der Waals surface area contributed by atoms with Gasteiger partial charge in [-0.2, -0.15) is 11.8 Å². The molecule has 0 bridgehead atoms. The maximum atomic E-state index is 12.4. The Kier molecular flexibility index (Phi) is 6.20. The standard InChI is InChI=1S/C18H26N2O3S2/c1-14(21)16-2-4-18(5-3-16)25(22,23)19-12-15-6-9-20(10-7-15)17-8-11-24-13-17/h2-5,15,17,19H,6-13H2,1H3. The lowest BCUT2D eigenvalue weighted by atomic mass is 9.96. The lowest BCUT2D eigenvalue weighted by Gasteiger charge is -2.35. The number of sulfonamides is 1. The first-order valence-corrected chi connectivity index (χ1v) is 11.5.